The molecule has 2 rings (SSSR count). The maximum Gasteiger partial charge on any atom is 0.223 e. The van der Waals surface area contributed by atoms with E-state index in [9.17, 15) is 4.79 Å². The molecule has 0 bridgehead atoms. The van der Waals surface area contributed by atoms with Crippen LogP contribution < -0.4 is 11.1 Å². The molecule has 2 aliphatic rings. The third-order valence-corrected chi connectivity index (χ3v) is 3.01. The summed E-state index contributed by atoms with van der Waals surface area (Å²) in [5.41, 5.74) is 5.83. The number of carbonyl (C=O) groups excluding carboxylic acids is 1. The Morgan fingerprint density at radius 2 is 2.00 bits per heavy atom. The summed E-state index contributed by atoms with van der Waals surface area (Å²) < 4.78 is 0. The standard InChI is InChI=1S/C10H18N2O/c11-8-3-1-2-7(6-8)10(13)12-9-4-5-9/h7-9H,1-6,11H2,(H,12,13)/t7-,8-/m1/s1. The van der Waals surface area contributed by atoms with Crippen LogP contribution in [0.5, 0.6) is 0 Å². The van der Waals surface area contributed by atoms with Crippen LogP contribution >= 0.6 is 0 Å². The molecular formula is C10H18N2O. The van der Waals surface area contributed by atoms with Crippen molar-refractivity contribution in [1.82, 2.24) is 5.32 Å². The van der Waals surface area contributed by atoms with Crippen molar-refractivity contribution >= 4 is 5.91 Å². The van der Waals surface area contributed by atoms with Crippen LogP contribution in [0.4, 0.5) is 0 Å². The number of hydrogen-bond acceptors (Lipinski definition) is 2. The molecule has 0 saturated heterocycles. The van der Waals surface area contributed by atoms with Gasteiger partial charge < -0.3 is 11.1 Å². The largest absolute Gasteiger partial charge is 0.353 e. The molecule has 0 aromatic rings. The van der Waals surface area contributed by atoms with Gasteiger partial charge in [0.15, 0.2) is 0 Å². The second kappa shape index (κ2) is 3.66. The number of nitrogens with one attached hydrogen (secondary N) is 1. The second-order valence-corrected chi connectivity index (χ2v) is 4.41. The van der Waals surface area contributed by atoms with Crippen molar-refractivity contribution < 1.29 is 4.79 Å². The third-order valence-electron chi connectivity index (χ3n) is 3.01. The lowest BCUT2D eigenvalue weighted by atomic mass is 9.85. The van der Waals surface area contributed by atoms with Crippen LogP contribution in [0.1, 0.15) is 38.5 Å². The van der Waals surface area contributed by atoms with Gasteiger partial charge in [0.1, 0.15) is 0 Å². The van der Waals surface area contributed by atoms with E-state index in [-0.39, 0.29) is 17.9 Å². The zero-order chi connectivity index (χ0) is 9.26. The molecule has 2 aliphatic carbocycles. The van der Waals surface area contributed by atoms with Crippen LogP contribution in [0.2, 0.25) is 0 Å². The van der Waals surface area contributed by atoms with Gasteiger partial charge >= 0.3 is 0 Å². The van der Waals surface area contributed by atoms with Crippen molar-refractivity contribution in [3.8, 4) is 0 Å². The fraction of sp³-hybridized carbons (Fsp3) is 0.900. The van der Waals surface area contributed by atoms with Crippen molar-refractivity contribution in [1.29, 1.82) is 0 Å². The number of rotatable bonds is 2. The average Bonchev–Trinajstić information content (AvgIpc) is 2.88. The maximum atomic E-state index is 11.6. The van der Waals surface area contributed by atoms with Crippen LogP contribution in [0.25, 0.3) is 0 Å². The second-order valence-electron chi connectivity index (χ2n) is 4.41. The summed E-state index contributed by atoms with van der Waals surface area (Å²) in [5, 5.41) is 3.05. The molecule has 2 saturated carbocycles. The van der Waals surface area contributed by atoms with Crippen LogP contribution in [-0.2, 0) is 4.79 Å². The topological polar surface area (TPSA) is 55.1 Å². The molecule has 2 atom stereocenters. The van der Waals surface area contributed by atoms with Gasteiger partial charge in [-0.25, -0.2) is 0 Å². The molecule has 0 aliphatic heterocycles. The Hall–Kier alpha value is -0.570. The molecule has 0 unspecified atom stereocenters. The number of amides is 1. The molecular weight excluding hydrogens is 164 g/mol. The Kier molecular flexibility index (Phi) is 2.54. The molecule has 3 heteroatoms. The molecule has 0 aromatic carbocycles. The highest BCUT2D eigenvalue weighted by Gasteiger charge is 2.29. The minimum atomic E-state index is 0.198. The smallest absolute Gasteiger partial charge is 0.223 e. The Labute approximate surface area is 79.1 Å². The summed E-state index contributed by atoms with van der Waals surface area (Å²) in [6, 6.07) is 0.745. The minimum absolute atomic E-state index is 0.198. The van der Waals surface area contributed by atoms with Gasteiger partial charge in [-0.05, 0) is 32.1 Å². The van der Waals surface area contributed by atoms with Gasteiger partial charge in [0.05, 0.1) is 0 Å². The summed E-state index contributed by atoms with van der Waals surface area (Å²) in [6.45, 7) is 0. The van der Waals surface area contributed by atoms with Crippen molar-refractivity contribution in [3.05, 3.63) is 0 Å². The van der Waals surface area contributed by atoms with E-state index in [4.69, 9.17) is 5.73 Å². The van der Waals surface area contributed by atoms with Crippen molar-refractivity contribution in [2.24, 2.45) is 11.7 Å². The molecule has 0 spiro atoms. The van der Waals surface area contributed by atoms with Gasteiger partial charge in [-0.2, -0.15) is 0 Å². The third kappa shape index (κ3) is 2.44. The van der Waals surface area contributed by atoms with Crippen molar-refractivity contribution in [3.63, 3.8) is 0 Å². The molecule has 0 aromatic heterocycles. The molecule has 3 nitrogen and oxygen atoms in total. The Morgan fingerprint density at radius 3 is 2.62 bits per heavy atom. The van der Waals surface area contributed by atoms with E-state index >= 15 is 0 Å². The van der Waals surface area contributed by atoms with Crippen LogP contribution in [-0.4, -0.2) is 18.0 Å². The van der Waals surface area contributed by atoms with E-state index in [2.05, 4.69) is 5.32 Å². The summed E-state index contributed by atoms with van der Waals surface area (Å²) in [6.07, 6.45) is 6.47. The minimum Gasteiger partial charge on any atom is -0.353 e. The van der Waals surface area contributed by atoms with Crippen molar-refractivity contribution in [2.45, 2.75) is 50.6 Å². The van der Waals surface area contributed by atoms with Crippen LogP contribution in [0.15, 0.2) is 0 Å². The fourth-order valence-electron chi connectivity index (χ4n) is 2.01. The van der Waals surface area contributed by atoms with Crippen molar-refractivity contribution in [2.75, 3.05) is 0 Å². The molecule has 3 N–H and O–H groups in total. The Bertz CT molecular complexity index is 201. The van der Waals surface area contributed by atoms with Gasteiger partial charge in [-0.15, -0.1) is 0 Å². The zero-order valence-electron chi connectivity index (χ0n) is 7.96. The lowest BCUT2D eigenvalue weighted by Gasteiger charge is -2.25. The first-order valence-corrected chi connectivity index (χ1v) is 5.31. The predicted molar refractivity (Wildman–Crippen MR) is 51.1 cm³/mol. The summed E-state index contributed by atoms with van der Waals surface area (Å²) >= 11 is 0. The van der Waals surface area contributed by atoms with Gasteiger partial charge in [0.2, 0.25) is 5.91 Å². The highest BCUT2D eigenvalue weighted by Crippen LogP contribution is 2.25. The summed E-state index contributed by atoms with van der Waals surface area (Å²) in [5.74, 6) is 0.446. The molecule has 74 valence electrons. The van der Waals surface area contributed by atoms with Gasteiger partial charge in [0.25, 0.3) is 0 Å². The lowest BCUT2D eigenvalue weighted by Crippen LogP contribution is -2.38. The summed E-state index contributed by atoms with van der Waals surface area (Å²) in [7, 11) is 0. The molecule has 13 heavy (non-hydrogen) atoms. The molecule has 2 fully saturated rings. The fourth-order valence-corrected chi connectivity index (χ4v) is 2.01. The molecule has 1 amide bonds. The molecule has 0 heterocycles. The number of nitrogens with two attached hydrogens (primary N) is 1. The van der Waals surface area contributed by atoms with E-state index in [1.807, 2.05) is 0 Å². The van der Waals surface area contributed by atoms with Crippen LogP contribution in [0.3, 0.4) is 0 Å². The monoisotopic (exact) mass is 182 g/mol. The molecule has 0 radical (unpaired) electrons. The van der Waals surface area contributed by atoms with Gasteiger partial charge in [0, 0.05) is 18.0 Å². The van der Waals surface area contributed by atoms with E-state index in [1.165, 1.54) is 12.8 Å². The van der Waals surface area contributed by atoms with Gasteiger partial charge in [-0.1, -0.05) is 6.42 Å². The first-order valence-electron chi connectivity index (χ1n) is 5.31. The number of carbonyl (C=O) groups is 1. The Morgan fingerprint density at radius 1 is 1.23 bits per heavy atom. The SMILES string of the molecule is N[C@@H]1CCC[C@@H](C(=O)NC2CC2)C1. The average molecular weight is 182 g/mol. The van der Waals surface area contributed by atoms with Crippen LogP contribution in [0, 0.1) is 5.92 Å². The van der Waals surface area contributed by atoms with E-state index in [0.717, 1.165) is 25.7 Å². The summed E-state index contributed by atoms with van der Waals surface area (Å²) in [4.78, 5) is 11.6. The highest BCUT2D eigenvalue weighted by molar-refractivity contribution is 5.79. The quantitative estimate of drug-likeness (QED) is 0.663. The van der Waals surface area contributed by atoms with E-state index < -0.39 is 0 Å². The first kappa shape index (κ1) is 9.00. The van der Waals surface area contributed by atoms with Gasteiger partial charge in [-0.3, -0.25) is 4.79 Å². The maximum absolute atomic E-state index is 11.6. The Balaban J connectivity index is 1.80. The normalized spacial score (nSPS) is 34.2. The number of hydrogen-bond donors (Lipinski definition) is 2. The highest BCUT2D eigenvalue weighted by atomic mass is 16.2. The predicted octanol–water partition coefficient (Wildman–Crippen LogP) is 0.782. The van der Waals surface area contributed by atoms with E-state index in [1.54, 1.807) is 0 Å². The lowest BCUT2D eigenvalue weighted by molar-refractivity contribution is -0.126. The van der Waals surface area contributed by atoms with E-state index in [0.29, 0.717) is 6.04 Å². The first-order chi connectivity index (χ1) is 6.25. The zero-order valence-corrected chi connectivity index (χ0v) is 7.96.